The summed E-state index contributed by atoms with van der Waals surface area (Å²) in [6.07, 6.45) is 5.65. The molecule has 1 saturated carbocycles. The number of furan rings is 1. The van der Waals surface area contributed by atoms with Gasteiger partial charge in [-0.05, 0) is 46.7 Å². The predicted octanol–water partition coefficient (Wildman–Crippen LogP) is 5.52. The summed E-state index contributed by atoms with van der Waals surface area (Å²) in [5, 5.41) is 0. The van der Waals surface area contributed by atoms with Gasteiger partial charge in [0.25, 0.3) is 0 Å². The summed E-state index contributed by atoms with van der Waals surface area (Å²) in [6.45, 7) is 6.94. The van der Waals surface area contributed by atoms with E-state index in [1.165, 1.54) is 19.3 Å². The molecule has 3 atom stereocenters. The molecule has 0 saturated heterocycles. The van der Waals surface area contributed by atoms with Gasteiger partial charge in [0.2, 0.25) is 0 Å². The average Bonchev–Trinajstić information content (AvgIpc) is 2.64. The first kappa shape index (κ1) is 13.7. The highest BCUT2D eigenvalue weighted by molar-refractivity contribution is 9.10. The molecule has 0 aliphatic heterocycles. The van der Waals surface area contributed by atoms with Crippen molar-refractivity contribution in [3.05, 3.63) is 22.6 Å². The molecule has 0 bridgehead atoms. The third-order valence-electron chi connectivity index (χ3n) is 4.16. The van der Waals surface area contributed by atoms with Crippen LogP contribution in [0, 0.1) is 11.8 Å². The van der Waals surface area contributed by atoms with Crippen LogP contribution in [0.1, 0.15) is 45.8 Å². The average molecular weight is 364 g/mol. The standard InChI is InChI=1S/C14H20Br2O/c1-9-4-5-10(12(16)8-9)14(2,3)13-11(15)6-7-17-13/h6-7,9-10,12H,4-5,8H2,1-3H3. The Kier molecular flexibility index (Phi) is 4.09. The third kappa shape index (κ3) is 2.65. The van der Waals surface area contributed by atoms with E-state index >= 15 is 0 Å². The van der Waals surface area contributed by atoms with E-state index in [1.807, 2.05) is 6.07 Å². The fourth-order valence-corrected chi connectivity index (χ4v) is 5.32. The molecule has 1 heterocycles. The Morgan fingerprint density at radius 1 is 1.35 bits per heavy atom. The van der Waals surface area contributed by atoms with Crippen LogP contribution in [0.2, 0.25) is 0 Å². The molecule has 3 heteroatoms. The first-order valence-corrected chi connectivity index (χ1v) is 8.01. The highest BCUT2D eigenvalue weighted by Gasteiger charge is 2.41. The smallest absolute Gasteiger partial charge is 0.123 e. The van der Waals surface area contributed by atoms with Crippen LogP contribution >= 0.6 is 31.9 Å². The second-order valence-corrected chi connectivity index (χ2v) is 7.89. The molecule has 0 radical (unpaired) electrons. The van der Waals surface area contributed by atoms with E-state index in [9.17, 15) is 0 Å². The molecule has 1 nitrogen and oxygen atoms in total. The largest absolute Gasteiger partial charge is 0.468 e. The Labute approximate surface area is 121 Å². The minimum Gasteiger partial charge on any atom is -0.468 e. The van der Waals surface area contributed by atoms with Crippen molar-refractivity contribution in [2.45, 2.75) is 50.3 Å². The van der Waals surface area contributed by atoms with Gasteiger partial charge in [-0.2, -0.15) is 0 Å². The van der Waals surface area contributed by atoms with Crippen LogP contribution < -0.4 is 0 Å². The van der Waals surface area contributed by atoms with Crippen molar-refractivity contribution in [3.8, 4) is 0 Å². The summed E-state index contributed by atoms with van der Waals surface area (Å²) >= 11 is 7.48. The van der Waals surface area contributed by atoms with Gasteiger partial charge >= 0.3 is 0 Å². The highest BCUT2D eigenvalue weighted by atomic mass is 79.9. The zero-order valence-electron chi connectivity index (χ0n) is 10.7. The fraction of sp³-hybridized carbons (Fsp3) is 0.714. The summed E-state index contributed by atoms with van der Waals surface area (Å²) in [5.41, 5.74) is 0.0800. The summed E-state index contributed by atoms with van der Waals surface area (Å²) < 4.78 is 6.79. The monoisotopic (exact) mass is 362 g/mol. The Hall–Kier alpha value is 0.240. The zero-order chi connectivity index (χ0) is 12.6. The quantitative estimate of drug-likeness (QED) is 0.630. The SMILES string of the molecule is CC1CCC(C(C)(C)c2occc2Br)C(Br)C1. The topological polar surface area (TPSA) is 13.1 Å². The lowest BCUT2D eigenvalue weighted by atomic mass is 9.68. The zero-order valence-corrected chi connectivity index (χ0v) is 13.8. The predicted molar refractivity (Wildman–Crippen MR) is 78.7 cm³/mol. The van der Waals surface area contributed by atoms with Gasteiger partial charge in [-0.15, -0.1) is 0 Å². The molecule has 0 aromatic carbocycles. The molecule has 2 rings (SSSR count). The van der Waals surface area contributed by atoms with Crippen LogP contribution in [0.4, 0.5) is 0 Å². The maximum Gasteiger partial charge on any atom is 0.123 e. The van der Waals surface area contributed by atoms with E-state index in [4.69, 9.17) is 4.42 Å². The van der Waals surface area contributed by atoms with Gasteiger partial charge in [0.05, 0.1) is 10.7 Å². The van der Waals surface area contributed by atoms with Crippen LogP contribution in [0.15, 0.2) is 21.2 Å². The summed E-state index contributed by atoms with van der Waals surface area (Å²) in [6, 6.07) is 1.99. The lowest BCUT2D eigenvalue weighted by Crippen LogP contribution is -2.38. The summed E-state index contributed by atoms with van der Waals surface area (Å²) in [7, 11) is 0. The van der Waals surface area contributed by atoms with Gasteiger partial charge in [-0.25, -0.2) is 0 Å². The second-order valence-electron chi connectivity index (χ2n) is 5.86. The molecule has 17 heavy (non-hydrogen) atoms. The van der Waals surface area contributed by atoms with Crippen molar-refractivity contribution in [2.75, 3.05) is 0 Å². The van der Waals surface area contributed by atoms with Gasteiger partial charge in [-0.3, -0.25) is 0 Å². The van der Waals surface area contributed by atoms with Crippen molar-refractivity contribution in [1.82, 2.24) is 0 Å². The molecule has 1 aliphatic rings. The molecule has 96 valence electrons. The van der Waals surface area contributed by atoms with Crippen LogP contribution in [0.5, 0.6) is 0 Å². The Balaban J connectivity index is 2.24. The fourth-order valence-electron chi connectivity index (χ4n) is 3.05. The van der Waals surface area contributed by atoms with Gasteiger partial charge in [0.1, 0.15) is 5.76 Å². The van der Waals surface area contributed by atoms with Crippen LogP contribution in [-0.4, -0.2) is 4.83 Å². The first-order chi connectivity index (χ1) is 7.93. The molecule has 0 spiro atoms. The molecule has 1 aromatic rings. The van der Waals surface area contributed by atoms with E-state index in [0.29, 0.717) is 10.7 Å². The van der Waals surface area contributed by atoms with Crippen molar-refractivity contribution < 1.29 is 4.42 Å². The normalized spacial score (nSPS) is 30.5. The van der Waals surface area contributed by atoms with E-state index in [1.54, 1.807) is 6.26 Å². The lowest BCUT2D eigenvalue weighted by Gasteiger charge is -2.41. The molecule has 3 unspecified atom stereocenters. The molecular weight excluding hydrogens is 344 g/mol. The Morgan fingerprint density at radius 2 is 2.06 bits per heavy atom. The number of alkyl halides is 1. The van der Waals surface area contributed by atoms with E-state index in [0.717, 1.165) is 16.2 Å². The highest BCUT2D eigenvalue weighted by Crippen LogP contribution is 2.46. The maximum absolute atomic E-state index is 5.69. The van der Waals surface area contributed by atoms with Gasteiger partial charge in [0.15, 0.2) is 0 Å². The van der Waals surface area contributed by atoms with Gasteiger partial charge < -0.3 is 4.42 Å². The van der Waals surface area contributed by atoms with E-state index in [2.05, 4.69) is 52.6 Å². The van der Waals surface area contributed by atoms with Gasteiger partial charge in [0, 0.05) is 10.2 Å². The molecular formula is C14H20Br2O. The summed E-state index contributed by atoms with van der Waals surface area (Å²) in [5.74, 6) is 2.56. The molecule has 0 amide bonds. The van der Waals surface area contributed by atoms with Crippen molar-refractivity contribution >= 4 is 31.9 Å². The van der Waals surface area contributed by atoms with E-state index < -0.39 is 0 Å². The van der Waals surface area contributed by atoms with Crippen LogP contribution in [0.25, 0.3) is 0 Å². The minimum absolute atomic E-state index is 0.0800. The first-order valence-electron chi connectivity index (χ1n) is 6.30. The minimum atomic E-state index is 0.0800. The second kappa shape index (κ2) is 5.08. The lowest BCUT2D eigenvalue weighted by molar-refractivity contribution is 0.189. The third-order valence-corrected chi connectivity index (χ3v) is 5.80. The maximum atomic E-state index is 5.69. The summed E-state index contributed by atoms with van der Waals surface area (Å²) in [4.78, 5) is 0.596. The number of halogens is 2. The van der Waals surface area contributed by atoms with Crippen molar-refractivity contribution in [3.63, 3.8) is 0 Å². The van der Waals surface area contributed by atoms with Crippen LogP contribution in [0.3, 0.4) is 0 Å². The number of hydrogen-bond acceptors (Lipinski definition) is 1. The Bertz CT molecular complexity index is 383. The van der Waals surface area contributed by atoms with Gasteiger partial charge in [-0.1, -0.05) is 43.1 Å². The van der Waals surface area contributed by atoms with Crippen molar-refractivity contribution in [1.29, 1.82) is 0 Å². The number of hydrogen-bond donors (Lipinski definition) is 0. The Morgan fingerprint density at radius 3 is 2.59 bits per heavy atom. The molecule has 1 fully saturated rings. The molecule has 0 N–H and O–H groups in total. The molecule has 1 aliphatic carbocycles. The van der Waals surface area contributed by atoms with Crippen LogP contribution in [-0.2, 0) is 5.41 Å². The van der Waals surface area contributed by atoms with Crippen molar-refractivity contribution in [2.24, 2.45) is 11.8 Å². The number of rotatable bonds is 2. The van der Waals surface area contributed by atoms with E-state index in [-0.39, 0.29) is 5.41 Å². The molecule has 1 aromatic heterocycles.